The number of nitrogens with two attached hydrogens (primary N) is 3. The van der Waals surface area contributed by atoms with Gasteiger partial charge in [-0.05, 0) is 51.7 Å². The number of benzene rings is 1. The average molecular weight is 701 g/mol. The average Bonchev–Trinajstić information content (AvgIpc) is 3.50. The maximum absolute atomic E-state index is 13.6. The second-order valence-electron chi connectivity index (χ2n) is 10.9. The van der Waals surface area contributed by atoms with E-state index < -0.39 is 79.1 Å². The Morgan fingerprint density at radius 2 is 1.71 bits per heavy atom. The Kier molecular flexibility index (Phi) is 14.8. The summed E-state index contributed by atoms with van der Waals surface area (Å²) in [6.45, 7) is 1.84. The number of carbonyl (C=O) groups excluding carboxylic acids is 5. The molecule has 12 N–H and O–H groups in total. The highest BCUT2D eigenvalue weighted by molar-refractivity contribution is 7.46. The second-order valence-corrected chi connectivity index (χ2v) is 12.1. The number of nitro groups is 1. The van der Waals surface area contributed by atoms with Crippen LogP contribution in [0, 0.1) is 10.1 Å². The Morgan fingerprint density at radius 3 is 2.27 bits per heavy atom. The van der Waals surface area contributed by atoms with E-state index >= 15 is 0 Å². The molecule has 21 nitrogen and oxygen atoms in total. The molecule has 266 valence electrons. The van der Waals surface area contributed by atoms with Gasteiger partial charge in [0.25, 0.3) is 5.69 Å². The minimum atomic E-state index is -5.10. The van der Waals surface area contributed by atoms with Crippen molar-refractivity contribution in [2.75, 3.05) is 25.0 Å². The molecule has 0 radical (unpaired) electrons. The Labute approximate surface area is 274 Å². The normalized spacial score (nSPS) is 16.9. The van der Waals surface area contributed by atoms with Gasteiger partial charge in [-0.2, -0.15) is 0 Å². The zero-order valence-corrected chi connectivity index (χ0v) is 27.1. The number of guanidine groups is 1. The third-order valence-electron chi connectivity index (χ3n) is 6.95. The molecule has 1 saturated heterocycles. The lowest BCUT2D eigenvalue weighted by Crippen LogP contribution is -2.58. The van der Waals surface area contributed by atoms with E-state index in [0.717, 1.165) is 4.90 Å². The van der Waals surface area contributed by atoms with Crippen LogP contribution >= 0.6 is 7.82 Å². The number of nitrogens with zero attached hydrogens (tertiary/aromatic N) is 3. The van der Waals surface area contributed by atoms with E-state index in [4.69, 9.17) is 17.2 Å². The molecule has 0 saturated carbocycles. The van der Waals surface area contributed by atoms with Crippen LogP contribution in [0.4, 0.5) is 11.4 Å². The maximum atomic E-state index is 13.6. The molecule has 1 aromatic carbocycles. The SMILES string of the molecule is C[C@H](N)C(=O)N[C@@H](C)C(=O)N[C@H](COP(=O)(O)O)C(=O)N1CCC[C@H]1C(=O)N[C@@H](CCCN=C(N)N)C(=O)Nc1ccc([N+](=O)[O-])cc1. The molecular formula is C26H41N10O11P. The highest BCUT2D eigenvalue weighted by atomic mass is 31.2. The van der Waals surface area contributed by atoms with Gasteiger partial charge in [-0.3, -0.25) is 43.6 Å². The van der Waals surface area contributed by atoms with Crippen LogP contribution in [0.5, 0.6) is 0 Å². The Morgan fingerprint density at radius 1 is 1.06 bits per heavy atom. The van der Waals surface area contributed by atoms with Crippen LogP contribution in [-0.4, -0.2) is 105 Å². The highest BCUT2D eigenvalue weighted by Crippen LogP contribution is 2.36. The fourth-order valence-corrected chi connectivity index (χ4v) is 4.84. The van der Waals surface area contributed by atoms with Crippen molar-refractivity contribution >= 4 is 54.7 Å². The second kappa shape index (κ2) is 18.0. The number of hydrogen-bond donors (Lipinski definition) is 9. The molecule has 2 rings (SSSR count). The topological polar surface area (TPSA) is 337 Å². The first kappa shape index (κ1) is 39.5. The molecule has 1 aromatic rings. The van der Waals surface area contributed by atoms with Crippen LogP contribution in [0.15, 0.2) is 29.3 Å². The van der Waals surface area contributed by atoms with Gasteiger partial charge < -0.3 is 53.2 Å². The minimum Gasteiger partial charge on any atom is -0.370 e. The van der Waals surface area contributed by atoms with Gasteiger partial charge in [0.1, 0.15) is 24.2 Å². The standard InChI is InChI=1S/C26H41N10O11P/c1-14(27)21(37)31-15(2)22(38)34-19(13-47-48(44,45)46)25(41)35-12-4-6-20(35)24(40)33-18(5-3-11-30-26(28)29)23(39)32-16-7-9-17(10-8-16)36(42)43/h7-10,14-15,18-20H,3-6,11-13,27H2,1-2H3,(H,31,37)(H,32,39)(H,33,40)(H,34,38)(H4,28,29,30)(H2,44,45,46)/t14-,15-,18-,19+,20-/m0/s1. The van der Waals surface area contributed by atoms with E-state index in [9.17, 15) is 48.4 Å². The van der Waals surface area contributed by atoms with Crippen molar-refractivity contribution in [3.05, 3.63) is 34.4 Å². The Balaban J connectivity index is 2.24. The van der Waals surface area contributed by atoms with Crippen LogP contribution in [-0.2, 0) is 33.1 Å². The van der Waals surface area contributed by atoms with Crippen molar-refractivity contribution in [2.24, 2.45) is 22.2 Å². The molecule has 1 aliphatic rings. The number of amides is 5. The smallest absolute Gasteiger partial charge is 0.370 e. The van der Waals surface area contributed by atoms with E-state index in [-0.39, 0.29) is 49.7 Å². The molecule has 1 heterocycles. The summed E-state index contributed by atoms with van der Waals surface area (Å²) in [5.41, 5.74) is 16.2. The van der Waals surface area contributed by atoms with Crippen LogP contribution < -0.4 is 38.5 Å². The zero-order chi connectivity index (χ0) is 36.2. The highest BCUT2D eigenvalue weighted by Gasteiger charge is 2.40. The van der Waals surface area contributed by atoms with E-state index in [1.54, 1.807) is 0 Å². The lowest BCUT2D eigenvalue weighted by atomic mass is 10.1. The quantitative estimate of drug-likeness (QED) is 0.0203. The van der Waals surface area contributed by atoms with Crippen molar-refractivity contribution in [2.45, 2.75) is 69.7 Å². The van der Waals surface area contributed by atoms with Gasteiger partial charge in [-0.25, -0.2) is 4.57 Å². The summed E-state index contributed by atoms with van der Waals surface area (Å²) in [6.07, 6.45) is 0.759. The first-order valence-electron chi connectivity index (χ1n) is 14.7. The Bertz CT molecular complexity index is 1420. The first-order chi connectivity index (χ1) is 22.4. The minimum absolute atomic E-state index is 0.0142. The van der Waals surface area contributed by atoms with E-state index in [1.807, 2.05) is 0 Å². The van der Waals surface area contributed by atoms with Gasteiger partial charge in [0.2, 0.25) is 29.5 Å². The maximum Gasteiger partial charge on any atom is 0.469 e. The van der Waals surface area contributed by atoms with Crippen LogP contribution in [0.25, 0.3) is 0 Å². The number of likely N-dealkylation sites (tertiary alicyclic amines) is 1. The number of carbonyl (C=O) groups is 5. The third-order valence-corrected chi connectivity index (χ3v) is 7.44. The van der Waals surface area contributed by atoms with Crippen LogP contribution in [0.3, 0.4) is 0 Å². The number of hydrogen-bond acceptors (Lipinski definition) is 11. The number of nitro benzene ring substituents is 1. The van der Waals surface area contributed by atoms with Crippen LogP contribution in [0.2, 0.25) is 0 Å². The van der Waals surface area contributed by atoms with Gasteiger partial charge in [-0.15, -0.1) is 0 Å². The van der Waals surface area contributed by atoms with Crippen molar-refractivity contribution in [1.29, 1.82) is 0 Å². The fraction of sp³-hybridized carbons (Fsp3) is 0.538. The van der Waals surface area contributed by atoms with Crippen molar-refractivity contribution in [1.82, 2.24) is 20.9 Å². The van der Waals surface area contributed by atoms with Crippen molar-refractivity contribution < 1.29 is 47.8 Å². The summed E-state index contributed by atoms with van der Waals surface area (Å²) in [5.74, 6) is -4.10. The van der Waals surface area contributed by atoms with Crippen molar-refractivity contribution in [3.8, 4) is 0 Å². The van der Waals surface area contributed by atoms with E-state index in [1.165, 1.54) is 38.1 Å². The Hall–Kier alpha value is -4.69. The van der Waals surface area contributed by atoms with Gasteiger partial charge in [0.05, 0.1) is 17.6 Å². The van der Waals surface area contributed by atoms with E-state index in [0.29, 0.717) is 6.42 Å². The number of phosphoric ester groups is 1. The summed E-state index contributed by atoms with van der Waals surface area (Å²) in [7, 11) is -5.10. The molecule has 0 unspecified atom stereocenters. The molecule has 5 amide bonds. The van der Waals surface area contributed by atoms with Gasteiger partial charge in [0.15, 0.2) is 5.96 Å². The number of aliphatic imine (C=N–C) groups is 1. The number of phosphoric acid groups is 1. The zero-order valence-electron chi connectivity index (χ0n) is 26.2. The molecule has 1 aliphatic heterocycles. The number of rotatable bonds is 17. The molecule has 48 heavy (non-hydrogen) atoms. The molecule has 0 spiro atoms. The summed E-state index contributed by atoms with van der Waals surface area (Å²) in [6, 6.07) is -1.20. The summed E-state index contributed by atoms with van der Waals surface area (Å²) in [4.78, 5) is 98.8. The third kappa shape index (κ3) is 12.8. The number of non-ortho nitro benzene ring substituents is 1. The molecule has 0 aromatic heterocycles. The van der Waals surface area contributed by atoms with E-state index in [2.05, 4.69) is 30.8 Å². The molecule has 0 aliphatic carbocycles. The molecule has 22 heteroatoms. The molecule has 0 bridgehead atoms. The van der Waals surface area contributed by atoms with Crippen molar-refractivity contribution in [3.63, 3.8) is 0 Å². The lowest BCUT2D eigenvalue weighted by Gasteiger charge is -2.30. The summed E-state index contributed by atoms with van der Waals surface area (Å²) < 4.78 is 15.9. The molecular weight excluding hydrogens is 659 g/mol. The number of anilines is 1. The largest absolute Gasteiger partial charge is 0.469 e. The first-order valence-corrected chi connectivity index (χ1v) is 16.2. The molecule has 5 atom stereocenters. The number of nitrogens with one attached hydrogen (secondary N) is 4. The summed E-state index contributed by atoms with van der Waals surface area (Å²) in [5, 5.41) is 20.7. The molecule has 1 fully saturated rings. The summed E-state index contributed by atoms with van der Waals surface area (Å²) >= 11 is 0. The van der Waals surface area contributed by atoms with Crippen LogP contribution in [0.1, 0.15) is 39.5 Å². The fourth-order valence-electron chi connectivity index (χ4n) is 4.49. The predicted molar refractivity (Wildman–Crippen MR) is 169 cm³/mol. The van der Waals surface area contributed by atoms with Gasteiger partial charge in [0, 0.05) is 30.9 Å². The predicted octanol–water partition coefficient (Wildman–Crippen LogP) is -2.49. The van der Waals surface area contributed by atoms with Gasteiger partial charge >= 0.3 is 7.82 Å². The van der Waals surface area contributed by atoms with Gasteiger partial charge in [-0.1, -0.05) is 0 Å². The lowest BCUT2D eigenvalue weighted by molar-refractivity contribution is -0.384. The monoisotopic (exact) mass is 700 g/mol.